The molecule has 1 aliphatic carbocycles. The molecule has 0 saturated heterocycles. The topological polar surface area (TPSA) is 66.4 Å². The summed E-state index contributed by atoms with van der Waals surface area (Å²) in [5.41, 5.74) is 0.803. The summed E-state index contributed by atoms with van der Waals surface area (Å²) in [6.07, 6.45) is 2.51. The molecule has 1 saturated carbocycles. The average molecular weight is 373 g/mol. The molecule has 1 fully saturated rings. The zero-order valence-corrected chi connectivity index (χ0v) is 12.6. The van der Waals surface area contributed by atoms with Crippen LogP contribution in [0.3, 0.4) is 0 Å². The van der Waals surface area contributed by atoms with Crippen LogP contribution < -0.4 is 5.32 Å². The molecule has 19 heavy (non-hydrogen) atoms. The van der Waals surface area contributed by atoms with Gasteiger partial charge in [-0.05, 0) is 66.5 Å². The Morgan fingerprint density at radius 2 is 1.79 bits per heavy atom. The van der Waals surface area contributed by atoms with Gasteiger partial charge in [0.25, 0.3) is 0 Å². The lowest BCUT2D eigenvalue weighted by atomic mass is 9.81. The Labute approximate surface area is 125 Å². The molecule has 2 rings (SSSR count). The van der Waals surface area contributed by atoms with Gasteiger partial charge in [-0.1, -0.05) is 6.07 Å². The van der Waals surface area contributed by atoms with E-state index in [1.54, 1.807) is 0 Å². The zero-order valence-electron chi connectivity index (χ0n) is 10.4. The fourth-order valence-corrected chi connectivity index (χ4v) is 2.96. The van der Waals surface area contributed by atoms with Gasteiger partial charge in [-0.15, -0.1) is 0 Å². The second-order valence-corrected chi connectivity index (χ2v) is 6.13. The summed E-state index contributed by atoms with van der Waals surface area (Å²) in [7, 11) is 0. The van der Waals surface area contributed by atoms with E-state index in [-0.39, 0.29) is 17.7 Å². The minimum absolute atomic E-state index is 0.00541. The molecule has 5 heteroatoms. The highest BCUT2D eigenvalue weighted by Crippen LogP contribution is 2.29. The molecule has 1 amide bonds. The maximum absolute atomic E-state index is 12.1. The molecule has 1 aromatic carbocycles. The van der Waals surface area contributed by atoms with Gasteiger partial charge in [-0.2, -0.15) is 0 Å². The molecule has 0 heterocycles. The first kappa shape index (κ1) is 14.3. The van der Waals surface area contributed by atoms with Gasteiger partial charge in [0.15, 0.2) is 0 Å². The normalized spacial score (nSPS) is 22.8. The Balaban J connectivity index is 1.90. The minimum atomic E-state index is -0.739. The molecule has 0 atom stereocenters. The largest absolute Gasteiger partial charge is 0.481 e. The Morgan fingerprint density at radius 1 is 1.16 bits per heavy atom. The summed E-state index contributed by atoms with van der Waals surface area (Å²) >= 11 is 2.20. The molecule has 0 spiro atoms. The number of hydrogen-bond donors (Lipinski definition) is 2. The second-order valence-electron chi connectivity index (χ2n) is 4.89. The number of carboxylic acids is 1. The lowest BCUT2D eigenvalue weighted by molar-refractivity contribution is -0.143. The monoisotopic (exact) mass is 373 g/mol. The third-order valence-corrected chi connectivity index (χ3v) is 4.21. The fourth-order valence-electron chi connectivity index (χ4n) is 2.41. The van der Waals surface area contributed by atoms with Gasteiger partial charge in [0.1, 0.15) is 0 Å². The summed E-state index contributed by atoms with van der Waals surface area (Å²) < 4.78 is 1.07. The van der Waals surface area contributed by atoms with Gasteiger partial charge < -0.3 is 10.4 Å². The molecule has 0 aromatic heterocycles. The van der Waals surface area contributed by atoms with Crippen LogP contribution in [0.25, 0.3) is 0 Å². The van der Waals surface area contributed by atoms with Gasteiger partial charge >= 0.3 is 5.97 Å². The van der Waals surface area contributed by atoms with Crippen LogP contribution in [-0.2, 0) is 9.59 Å². The number of carboxylic acid groups (broad SMARTS) is 1. The molecule has 0 aliphatic heterocycles. The number of halogens is 1. The average Bonchev–Trinajstić information content (AvgIpc) is 2.39. The Hall–Kier alpha value is -1.11. The summed E-state index contributed by atoms with van der Waals surface area (Å²) in [6.45, 7) is 0. The molecule has 1 aliphatic rings. The summed E-state index contributed by atoms with van der Waals surface area (Å²) in [5.74, 6) is -1.07. The minimum Gasteiger partial charge on any atom is -0.481 e. The van der Waals surface area contributed by atoms with Crippen molar-refractivity contribution in [1.82, 2.24) is 0 Å². The van der Waals surface area contributed by atoms with Crippen LogP contribution in [0, 0.1) is 15.4 Å². The third kappa shape index (κ3) is 3.92. The van der Waals surface area contributed by atoms with Crippen molar-refractivity contribution in [2.45, 2.75) is 25.7 Å². The van der Waals surface area contributed by atoms with E-state index in [1.165, 1.54) is 0 Å². The molecular weight excluding hydrogens is 357 g/mol. The molecule has 0 unspecified atom stereocenters. The highest BCUT2D eigenvalue weighted by Gasteiger charge is 2.29. The maximum atomic E-state index is 12.1. The van der Waals surface area contributed by atoms with E-state index in [1.807, 2.05) is 24.3 Å². The molecule has 4 nitrogen and oxygen atoms in total. The van der Waals surface area contributed by atoms with Gasteiger partial charge in [0, 0.05) is 15.2 Å². The first-order valence-corrected chi connectivity index (χ1v) is 7.43. The number of anilines is 1. The predicted octanol–water partition coefficient (Wildman–Crippen LogP) is 3.12. The van der Waals surface area contributed by atoms with Crippen molar-refractivity contribution in [3.63, 3.8) is 0 Å². The molecule has 2 N–H and O–H groups in total. The third-order valence-electron chi connectivity index (χ3n) is 3.54. The number of rotatable bonds is 3. The number of carbonyl (C=O) groups is 2. The number of carbonyl (C=O) groups excluding carboxylic acids is 1. The van der Waals surface area contributed by atoms with Crippen LogP contribution in [0.4, 0.5) is 5.69 Å². The van der Waals surface area contributed by atoms with E-state index in [0.29, 0.717) is 25.7 Å². The van der Waals surface area contributed by atoms with Crippen molar-refractivity contribution in [2.75, 3.05) is 5.32 Å². The first-order chi connectivity index (χ1) is 9.06. The highest BCUT2D eigenvalue weighted by molar-refractivity contribution is 14.1. The number of aliphatic carboxylic acids is 1. The van der Waals surface area contributed by atoms with E-state index in [2.05, 4.69) is 27.9 Å². The smallest absolute Gasteiger partial charge is 0.306 e. The number of amides is 1. The van der Waals surface area contributed by atoms with Crippen molar-refractivity contribution in [1.29, 1.82) is 0 Å². The summed E-state index contributed by atoms with van der Waals surface area (Å²) in [6, 6.07) is 7.65. The lowest BCUT2D eigenvalue weighted by Gasteiger charge is -2.25. The van der Waals surface area contributed by atoms with E-state index in [0.717, 1.165) is 9.26 Å². The van der Waals surface area contributed by atoms with Crippen LogP contribution in [0.2, 0.25) is 0 Å². The first-order valence-electron chi connectivity index (χ1n) is 6.35. The van der Waals surface area contributed by atoms with Crippen LogP contribution in [0.1, 0.15) is 25.7 Å². The molecule has 0 bridgehead atoms. The lowest BCUT2D eigenvalue weighted by Crippen LogP contribution is -2.29. The number of nitrogens with one attached hydrogen (secondary N) is 1. The fraction of sp³-hybridized carbons (Fsp3) is 0.429. The van der Waals surface area contributed by atoms with Crippen LogP contribution in [-0.4, -0.2) is 17.0 Å². The van der Waals surface area contributed by atoms with Gasteiger partial charge in [-0.25, -0.2) is 0 Å². The quantitative estimate of drug-likeness (QED) is 0.801. The molecule has 102 valence electrons. The molecule has 0 radical (unpaired) electrons. The van der Waals surface area contributed by atoms with Gasteiger partial charge in [0.2, 0.25) is 5.91 Å². The van der Waals surface area contributed by atoms with Crippen molar-refractivity contribution >= 4 is 40.2 Å². The van der Waals surface area contributed by atoms with E-state index in [9.17, 15) is 9.59 Å². The van der Waals surface area contributed by atoms with E-state index >= 15 is 0 Å². The predicted molar refractivity (Wildman–Crippen MR) is 80.9 cm³/mol. The van der Waals surface area contributed by atoms with Crippen molar-refractivity contribution in [3.05, 3.63) is 27.8 Å². The standard InChI is InChI=1S/C14H16INO3/c15-11-2-1-3-12(8-11)16-13(17)9-4-6-10(7-5-9)14(18)19/h1-3,8-10H,4-7H2,(H,16,17)(H,18,19). The van der Waals surface area contributed by atoms with Crippen molar-refractivity contribution < 1.29 is 14.7 Å². The zero-order chi connectivity index (χ0) is 13.8. The van der Waals surface area contributed by atoms with Crippen molar-refractivity contribution in [3.8, 4) is 0 Å². The van der Waals surface area contributed by atoms with Crippen LogP contribution in [0.5, 0.6) is 0 Å². The Bertz CT molecular complexity index is 481. The summed E-state index contributed by atoms with van der Waals surface area (Å²) in [5, 5.41) is 11.8. The van der Waals surface area contributed by atoms with Gasteiger partial charge in [0.05, 0.1) is 5.92 Å². The van der Waals surface area contributed by atoms with Crippen LogP contribution >= 0.6 is 22.6 Å². The Kier molecular flexibility index (Phi) is 4.79. The van der Waals surface area contributed by atoms with E-state index < -0.39 is 5.97 Å². The second kappa shape index (κ2) is 6.36. The number of hydrogen-bond acceptors (Lipinski definition) is 2. The summed E-state index contributed by atoms with van der Waals surface area (Å²) in [4.78, 5) is 23.0. The molecule has 1 aromatic rings. The highest BCUT2D eigenvalue weighted by atomic mass is 127. The molecular formula is C14H16INO3. The maximum Gasteiger partial charge on any atom is 0.306 e. The SMILES string of the molecule is O=C(O)C1CCC(C(=O)Nc2cccc(I)c2)CC1. The van der Waals surface area contributed by atoms with Crippen LogP contribution in [0.15, 0.2) is 24.3 Å². The number of benzene rings is 1. The van der Waals surface area contributed by atoms with Gasteiger partial charge in [-0.3, -0.25) is 9.59 Å². The van der Waals surface area contributed by atoms with Crippen molar-refractivity contribution in [2.24, 2.45) is 11.8 Å². The van der Waals surface area contributed by atoms with E-state index in [4.69, 9.17) is 5.11 Å². The Morgan fingerprint density at radius 3 is 2.37 bits per heavy atom.